The fourth-order valence-corrected chi connectivity index (χ4v) is 1.99. The minimum Gasteiger partial charge on any atom is -0.371 e. The summed E-state index contributed by atoms with van der Waals surface area (Å²) in [5.74, 6) is 0.607. The van der Waals surface area contributed by atoms with E-state index in [4.69, 9.17) is 0 Å². The molecule has 0 aliphatic carbocycles. The molecule has 82 valence electrons. The molecule has 0 aliphatic heterocycles. The number of thiophene rings is 1. The molecule has 0 spiro atoms. The van der Waals surface area contributed by atoms with Crippen molar-refractivity contribution in [2.75, 3.05) is 12.4 Å². The van der Waals surface area contributed by atoms with Gasteiger partial charge in [-0.15, -0.1) is 0 Å². The van der Waals surface area contributed by atoms with Crippen LogP contribution in [0.5, 0.6) is 0 Å². The van der Waals surface area contributed by atoms with Gasteiger partial charge in [-0.1, -0.05) is 11.3 Å². The molecule has 0 fully saturated rings. The number of nitro groups is 1. The van der Waals surface area contributed by atoms with Crippen LogP contribution in [0.2, 0.25) is 0 Å². The quantitative estimate of drug-likeness (QED) is 0.652. The van der Waals surface area contributed by atoms with E-state index in [-0.39, 0.29) is 5.00 Å². The van der Waals surface area contributed by atoms with Crippen LogP contribution < -0.4 is 5.32 Å². The van der Waals surface area contributed by atoms with Crippen molar-refractivity contribution in [3.63, 3.8) is 0 Å². The summed E-state index contributed by atoms with van der Waals surface area (Å²) in [5, 5.41) is 15.3. The molecule has 16 heavy (non-hydrogen) atoms. The summed E-state index contributed by atoms with van der Waals surface area (Å²) in [6.45, 7) is 0. The minimum absolute atomic E-state index is 0.0997. The van der Waals surface area contributed by atoms with E-state index < -0.39 is 4.92 Å². The third-order valence-electron chi connectivity index (χ3n) is 1.97. The van der Waals surface area contributed by atoms with Crippen molar-refractivity contribution < 1.29 is 4.92 Å². The number of aromatic nitrogens is 2. The first-order valence-corrected chi connectivity index (χ1v) is 5.32. The number of hydrogen-bond acceptors (Lipinski definition) is 6. The zero-order valence-corrected chi connectivity index (χ0v) is 9.19. The second kappa shape index (κ2) is 4.23. The Morgan fingerprint density at radius 2 is 2.19 bits per heavy atom. The van der Waals surface area contributed by atoms with Crippen LogP contribution in [0.25, 0.3) is 11.3 Å². The number of hydrogen-bond donors (Lipinski definition) is 1. The van der Waals surface area contributed by atoms with E-state index in [2.05, 4.69) is 15.3 Å². The molecule has 2 rings (SSSR count). The Balaban J connectivity index is 2.46. The number of rotatable bonds is 3. The van der Waals surface area contributed by atoms with Crippen molar-refractivity contribution in [1.82, 2.24) is 9.97 Å². The molecule has 2 aromatic rings. The highest BCUT2D eigenvalue weighted by Crippen LogP contribution is 2.31. The SMILES string of the molecule is CNc1nccnc1-c1csc([N+](=O)[O-])c1. The third kappa shape index (κ3) is 1.84. The van der Waals surface area contributed by atoms with E-state index >= 15 is 0 Å². The van der Waals surface area contributed by atoms with Gasteiger partial charge in [0.25, 0.3) is 0 Å². The van der Waals surface area contributed by atoms with Gasteiger partial charge < -0.3 is 5.32 Å². The molecule has 6 nitrogen and oxygen atoms in total. The smallest absolute Gasteiger partial charge is 0.324 e. The molecule has 0 aliphatic rings. The third-order valence-corrected chi connectivity index (χ3v) is 2.85. The van der Waals surface area contributed by atoms with Crippen LogP contribution in [0.1, 0.15) is 0 Å². The van der Waals surface area contributed by atoms with Gasteiger partial charge in [-0.2, -0.15) is 0 Å². The first kappa shape index (κ1) is 10.5. The maximum atomic E-state index is 10.6. The van der Waals surface area contributed by atoms with Crippen molar-refractivity contribution in [3.05, 3.63) is 34.0 Å². The number of nitrogens with one attached hydrogen (secondary N) is 1. The molecule has 0 radical (unpaired) electrons. The largest absolute Gasteiger partial charge is 0.371 e. The minimum atomic E-state index is -0.413. The maximum Gasteiger partial charge on any atom is 0.324 e. The zero-order chi connectivity index (χ0) is 11.5. The summed E-state index contributed by atoms with van der Waals surface area (Å²) in [4.78, 5) is 18.4. The highest BCUT2D eigenvalue weighted by molar-refractivity contribution is 7.13. The predicted molar refractivity (Wildman–Crippen MR) is 61.5 cm³/mol. The average molecular weight is 236 g/mol. The molecule has 2 heterocycles. The van der Waals surface area contributed by atoms with E-state index in [0.29, 0.717) is 17.1 Å². The predicted octanol–water partition coefficient (Wildman–Crippen LogP) is 2.16. The molecule has 1 N–H and O–H groups in total. The molecule has 0 saturated carbocycles. The van der Waals surface area contributed by atoms with Gasteiger partial charge in [-0.25, -0.2) is 4.98 Å². The van der Waals surface area contributed by atoms with E-state index in [1.54, 1.807) is 24.8 Å². The van der Waals surface area contributed by atoms with Crippen LogP contribution in [0, 0.1) is 10.1 Å². The molecule has 0 saturated heterocycles. The highest BCUT2D eigenvalue weighted by atomic mass is 32.1. The van der Waals surface area contributed by atoms with Crippen molar-refractivity contribution >= 4 is 22.2 Å². The summed E-state index contributed by atoms with van der Waals surface area (Å²) >= 11 is 1.08. The Bertz CT molecular complexity index is 526. The summed E-state index contributed by atoms with van der Waals surface area (Å²) < 4.78 is 0. The number of nitrogens with zero attached hydrogens (tertiary/aromatic N) is 3. The van der Waals surface area contributed by atoms with Gasteiger partial charge in [-0.05, 0) is 0 Å². The standard InChI is InChI=1S/C9H8N4O2S/c1-10-9-8(11-2-3-12-9)6-4-7(13(14)15)16-5-6/h2-5H,1H3,(H,10,12). The Kier molecular flexibility index (Phi) is 2.78. The molecule has 7 heteroatoms. The number of anilines is 1. The van der Waals surface area contributed by atoms with Gasteiger partial charge in [0.15, 0.2) is 5.82 Å². The van der Waals surface area contributed by atoms with E-state index in [0.717, 1.165) is 11.3 Å². The molecule has 0 atom stereocenters. The van der Waals surface area contributed by atoms with Gasteiger partial charge in [-0.3, -0.25) is 15.1 Å². The van der Waals surface area contributed by atoms with Gasteiger partial charge >= 0.3 is 5.00 Å². The van der Waals surface area contributed by atoms with Crippen molar-refractivity contribution in [2.45, 2.75) is 0 Å². The van der Waals surface area contributed by atoms with E-state index in [1.807, 2.05) is 0 Å². The van der Waals surface area contributed by atoms with Crippen LogP contribution in [0.4, 0.5) is 10.8 Å². The van der Waals surface area contributed by atoms with Crippen LogP contribution in [-0.4, -0.2) is 21.9 Å². The van der Waals surface area contributed by atoms with Crippen LogP contribution in [0.15, 0.2) is 23.8 Å². The Morgan fingerprint density at radius 1 is 1.44 bits per heavy atom. The fourth-order valence-electron chi connectivity index (χ4n) is 1.28. The second-order valence-electron chi connectivity index (χ2n) is 2.93. The zero-order valence-electron chi connectivity index (χ0n) is 8.38. The van der Waals surface area contributed by atoms with Crippen LogP contribution >= 0.6 is 11.3 Å². The lowest BCUT2D eigenvalue weighted by molar-refractivity contribution is -0.380. The lowest BCUT2D eigenvalue weighted by Crippen LogP contribution is -1.96. The van der Waals surface area contributed by atoms with E-state index in [9.17, 15) is 10.1 Å². The summed E-state index contributed by atoms with van der Waals surface area (Å²) in [6.07, 6.45) is 3.12. The van der Waals surface area contributed by atoms with Crippen LogP contribution in [-0.2, 0) is 0 Å². The fraction of sp³-hybridized carbons (Fsp3) is 0.111. The highest BCUT2D eigenvalue weighted by Gasteiger charge is 2.14. The lowest BCUT2D eigenvalue weighted by atomic mass is 10.2. The van der Waals surface area contributed by atoms with Crippen LogP contribution in [0.3, 0.4) is 0 Å². The van der Waals surface area contributed by atoms with Gasteiger partial charge in [0.2, 0.25) is 0 Å². The Hall–Kier alpha value is -2.02. The molecule has 0 amide bonds. The van der Waals surface area contributed by atoms with Crippen molar-refractivity contribution in [3.8, 4) is 11.3 Å². The first-order valence-electron chi connectivity index (χ1n) is 4.44. The van der Waals surface area contributed by atoms with Crippen molar-refractivity contribution in [1.29, 1.82) is 0 Å². The monoisotopic (exact) mass is 236 g/mol. The average Bonchev–Trinajstić information content (AvgIpc) is 2.78. The molecule has 0 aromatic carbocycles. The Labute approximate surface area is 95.1 Å². The van der Waals surface area contributed by atoms with Crippen molar-refractivity contribution in [2.24, 2.45) is 0 Å². The van der Waals surface area contributed by atoms with Gasteiger partial charge in [0, 0.05) is 36.5 Å². The maximum absolute atomic E-state index is 10.6. The van der Waals surface area contributed by atoms with Gasteiger partial charge in [0.1, 0.15) is 5.69 Å². The summed E-state index contributed by atoms with van der Waals surface area (Å²) in [5.41, 5.74) is 1.32. The molecule has 0 bridgehead atoms. The summed E-state index contributed by atoms with van der Waals surface area (Å²) in [7, 11) is 1.73. The second-order valence-corrected chi connectivity index (χ2v) is 3.82. The molecule has 0 unspecified atom stereocenters. The van der Waals surface area contributed by atoms with E-state index in [1.165, 1.54) is 6.07 Å². The first-order chi connectivity index (χ1) is 7.72. The Morgan fingerprint density at radius 3 is 2.81 bits per heavy atom. The molecule has 2 aromatic heterocycles. The topological polar surface area (TPSA) is 81.0 Å². The summed E-state index contributed by atoms with van der Waals surface area (Å²) in [6, 6.07) is 1.50. The lowest BCUT2D eigenvalue weighted by Gasteiger charge is -2.03. The molecular weight excluding hydrogens is 228 g/mol. The molecular formula is C9H8N4O2S. The normalized spacial score (nSPS) is 10.1. The van der Waals surface area contributed by atoms with Gasteiger partial charge in [0.05, 0.1) is 4.92 Å².